The third kappa shape index (κ3) is 7.09. The van der Waals surface area contributed by atoms with Gasteiger partial charge < -0.3 is 0 Å². The minimum Gasteiger partial charge on any atom is -0.295 e. The zero-order chi connectivity index (χ0) is 19.9. The summed E-state index contributed by atoms with van der Waals surface area (Å²) >= 11 is 5.96. The summed E-state index contributed by atoms with van der Waals surface area (Å²) in [5.41, 5.74) is 0.846. The molecule has 3 nitrogen and oxygen atoms in total. The Morgan fingerprint density at radius 1 is 0.808 bits per heavy atom. The second-order valence-electron chi connectivity index (χ2n) is 5.12. The minimum absolute atomic E-state index is 0.0642. The highest BCUT2D eigenvalue weighted by Crippen LogP contribution is 2.18. The molecule has 26 heavy (non-hydrogen) atoms. The molecule has 0 bridgehead atoms. The second-order valence-corrected chi connectivity index (χ2v) is 6.83. The van der Waals surface area contributed by atoms with E-state index in [0.717, 1.165) is 0 Å². The number of rotatable bonds is 4. The van der Waals surface area contributed by atoms with Gasteiger partial charge in [0.1, 0.15) is 11.6 Å². The molecule has 2 aromatic rings. The van der Waals surface area contributed by atoms with Gasteiger partial charge in [-0.15, -0.1) is 0 Å². The molecule has 0 amide bonds. The summed E-state index contributed by atoms with van der Waals surface area (Å²) in [6.45, 7) is 2.80. The number of hydrogen-bond donors (Lipinski definition) is 0. The third-order valence-corrected chi connectivity index (χ3v) is 4.22. The van der Waals surface area contributed by atoms with Gasteiger partial charge in [0, 0.05) is 11.1 Å². The van der Waals surface area contributed by atoms with Crippen molar-refractivity contribution in [3.63, 3.8) is 0 Å². The van der Waals surface area contributed by atoms with E-state index in [1.807, 2.05) is 0 Å². The predicted molar refractivity (Wildman–Crippen MR) is 102 cm³/mol. The molecule has 0 spiro atoms. The van der Waals surface area contributed by atoms with Crippen LogP contribution in [0.5, 0.6) is 0 Å². The Hall–Kier alpha value is -1.99. The van der Waals surface area contributed by atoms with Gasteiger partial charge in [0.15, 0.2) is 17.3 Å². The van der Waals surface area contributed by atoms with E-state index in [-0.39, 0.29) is 27.6 Å². The highest BCUT2D eigenvalue weighted by Gasteiger charge is 2.05. The van der Waals surface area contributed by atoms with Crippen molar-refractivity contribution in [2.24, 2.45) is 0 Å². The fourth-order valence-electron chi connectivity index (χ4n) is 1.65. The first-order valence-corrected chi connectivity index (χ1v) is 8.84. The van der Waals surface area contributed by atoms with Gasteiger partial charge in [-0.25, -0.2) is 8.78 Å². The smallest absolute Gasteiger partial charge is 0.185 e. The summed E-state index contributed by atoms with van der Waals surface area (Å²) < 4.78 is 26.0. The van der Waals surface area contributed by atoms with Gasteiger partial charge in [0.25, 0.3) is 0 Å². The van der Waals surface area contributed by atoms with Crippen LogP contribution in [0, 0.1) is 11.6 Å². The van der Waals surface area contributed by atoms with Crippen molar-refractivity contribution in [3.8, 4) is 0 Å². The molecular formula is C19H14Br2F2O3. The van der Waals surface area contributed by atoms with Crippen molar-refractivity contribution < 1.29 is 23.2 Å². The van der Waals surface area contributed by atoms with Crippen molar-refractivity contribution in [1.82, 2.24) is 0 Å². The summed E-state index contributed by atoms with van der Waals surface area (Å²) in [6.07, 6.45) is 2.35. The standard InChI is InChI=1S/C11H8BrFO2.C8H6BrFO/c1-7(14)2-5-11(15)8-3-4-10(13)9(12)6-8;1-5(11)6-2-3-8(10)7(9)4-6/h2-6H,1H3;2-4H,1H3/b5-2+;. The Morgan fingerprint density at radius 3 is 1.69 bits per heavy atom. The molecule has 0 atom stereocenters. The van der Waals surface area contributed by atoms with E-state index in [9.17, 15) is 23.2 Å². The van der Waals surface area contributed by atoms with Crippen LogP contribution < -0.4 is 0 Å². The van der Waals surface area contributed by atoms with Crippen molar-refractivity contribution in [2.45, 2.75) is 13.8 Å². The van der Waals surface area contributed by atoms with E-state index >= 15 is 0 Å². The molecule has 0 heterocycles. The van der Waals surface area contributed by atoms with Crippen LogP contribution in [0.15, 0.2) is 57.5 Å². The Balaban J connectivity index is 0.000000273. The second kappa shape index (κ2) is 10.2. The van der Waals surface area contributed by atoms with Crippen LogP contribution in [0.3, 0.4) is 0 Å². The Labute approximate surface area is 166 Å². The van der Waals surface area contributed by atoms with E-state index in [4.69, 9.17) is 0 Å². The molecule has 0 saturated carbocycles. The molecule has 0 N–H and O–H groups in total. The quantitative estimate of drug-likeness (QED) is 0.410. The number of Topliss-reactive ketones (excluding diaryl/α,β-unsaturated/α-hetero) is 1. The largest absolute Gasteiger partial charge is 0.295 e. The number of ketones is 3. The first kappa shape index (κ1) is 22.1. The molecule has 0 aliphatic carbocycles. The van der Waals surface area contributed by atoms with Gasteiger partial charge in [-0.1, -0.05) is 0 Å². The first-order valence-electron chi connectivity index (χ1n) is 7.26. The highest BCUT2D eigenvalue weighted by atomic mass is 79.9. The highest BCUT2D eigenvalue weighted by molar-refractivity contribution is 9.10. The van der Waals surface area contributed by atoms with Crippen molar-refractivity contribution in [2.75, 3.05) is 0 Å². The number of hydrogen-bond acceptors (Lipinski definition) is 3. The summed E-state index contributed by atoms with van der Waals surface area (Å²) in [5.74, 6) is -1.38. The van der Waals surface area contributed by atoms with Crippen LogP contribution in [0.4, 0.5) is 8.78 Å². The molecule has 0 aliphatic rings. The number of carbonyl (C=O) groups is 3. The normalized spacial score (nSPS) is 10.2. The lowest BCUT2D eigenvalue weighted by molar-refractivity contribution is -0.112. The van der Waals surface area contributed by atoms with Gasteiger partial charge >= 0.3 is 0 Å². The lowest BCUT2D eigenvalue weighted by Crippen LogP contribution is -1.96. The van der Waals surface area contributed by atoms with E-state index in [2.05, 4.69) is 31.9 Å². The molecule has 7 heteroatoms. The van der Waals surface area contributed by atoms with E-state index < -0.39 is 5.82 Å². The zero-order valence-electron chi connectivity index (χ0n) is 13.9. The maximum atomic E-state index is 12.8. The number of benzene rings is 2. The van der Waals surface area contributed by atoms with Crippen LogP contribution in [0.2, 0.25) is 0 Å². The van der Waals surface area contributed by atoms with Gasteiger partial charge in [0.05, 0.1) is 8.95 Å². The molecule has 0 radical (unpaired) electrons. The van der Waals surface area contributed by atoms with Gasteiger partial charge in [-0.3, -0.25) is 14.4 Å². The molecule has 2 aromatic carbocycles. The molecule has 0 aromatic heterocycles. The molecular weight excluding hydrogens is 474 g/mol. The van der Waals surface area contributed by atoms with Crippen LogP contribution >= 0.6 is 31.9 Å². The van der Waals surface area contributed by atoms with Crippen LogP contribution in [0.1, 0.15) is 34.6 Å². The van der Waals surface area contributed by atoms with Crippen LogP contribution in [0.25, 0.3) is 0 Å². The Kier molecular flexibility index (Phi) is 8.68. The van der Waals surface area contributed by atoms with Crippen molar-refractivity contribution in [3.05, 3.63) is 80.3 Å². The SMILES string of the molecule is CC(=O)/C=C/C(=O)c1ccc(F)c(Br)c1.CC(=O)c1ccc(F)c(Br)c1. The third-order valence-electron chi connectivity index (χ3n) is 3.00. The number of allylic oxidation sites excluding steroid dienone is 2. The van der Waals surface area contributed by atoms with Crippen molar-refractivity contribution in [1.29, 1.82) is 0 Å². The number of halogens is 4. The fraction of sp³-hybridized carbons (Fsp3) is 0.105. The summed E-state index contributed by atoms with van der Waals surface area (Å²) in [4.78, 5) is 32.8. The molecule has 0 aliphatic heterocycles. The van der Waals surface area contributed by atoms with Crippen LogP contribution in [-0.4, -0.2) is 17.3 Å². The topological polar surface area (TPSA) is 51.2 Å². The minimum atomic E-state index is -0.429. The first-order chi connectivity index (χ1) is 12.1. The van der Waals surface area contributed by atoms with Gasteiger partial charge in [-0.2, -0.15) is 0 Å². The van der Waals surface area contributed by atoms with E-state index in [1.54, 1.807) is 0 Å². The number of carbonyl (C=O) groups excluding carboxylic acids is 3. The average molecular weight is 488 g/mol. The van der Waals surface area contributed by atoms with Gasteiger partial charge in [0.2, 0.25) is 0 Å². The lowest BCUT2D eigenvalue weighted by atomic mass is 10.1. The molecule has 136 valence electrons. The molecule has 2 rings (SSSR count). The van der Waals surface area contributed by atoms with Gasteiger partial charge in [-0.05, 0) is 94.3 Å². The lowest BCUT2D eigenvalue weighted by Gasteiger charge is -1.97. The Morgan fingerprint density at radius 2 is 1.27 bits per heavy atom. The molecule has 0 saturated heterocycles. The summed E-state index contributed by atoms with van der Waals surface area (Å²) in [6, 6.07) is 8.13. The molecule has 0 fully saturated rings. The van der Waals surface area contributed by atoms with Crippen molar-refractivity contribution >= 4 is 49.2 Å². The summed E-state index contributed by atoms with van der Waals surface area (Å²) in [5, 5.41) is 0. The zero-order valence-corrected chi connectivity index (χ0v) is 17.0. The average Bonchev–Trinajstić information content (AvgIpc) is 2.58. The fourth-order valence-corrected chi connectivity index (χ4v) is 2.41. The Bertz CT molecular complexity index is 877. The predicted octanol–water partition coefficient (Wildman–Crippen LogP) is 5.71. The monoisotopic (exact) mass is 486 g/mol. The maximum absolute atomic E-state index is 12.8. The van der Waals surface area contributed by atoms with Crippen LogP contribution in [-0.2, 0) is 4.79 Å². The van der Waals surface area contributed by atoms with E-state index in [1.165, 1.54) is 62.4 Å². The van der Waals surface area contributed by atoms with E-state index in [0.29, 0.717) is 15.6 Å². The molecule has 0 unspecified atom stereocenters. The summed E-state index contributed by atoms with van der Waals surface area (Å²) in [7, 11) is 0. The maximum Gasteiger partial charge on any atom is 0.185 e.